The summed E-state index contributed by atoms with van der Waals surface area (Å²) in [6.07, 6.45) is 0.250. The lowest BCUT2D eigenvalue weighted by molar-refractivity contribution is -0.135. The van der Waals surface area contributed by atoms with Crippen LogP contribution in [-0.2, 0) is 25.0 Å². The number of nitrogens with zero attached hydrogens (tertiary/aromatic N) is 1. The van der Waals surface area contributed by atoms with E-state index in [0.29, 0.717) is 4.90 Å². The number of hydrogen-bond donors (Lipinski definition) is 2. The van der Waals surface area contributed by atoms with Gasteiger partial charge in [-0.1, -0.05) is 0 Å². The zero-order chi connectivity index (χ0) is 20.0. The fourth-order valence-corrected chi connectivity index (χ4v) is 4.90. The maximum atomic E-state index is 14.1. The Kier molecular flexibility index (Phi) is 4.66. The van der Waals surface area contributed by atoms with Gasteiger partial charge in [-0.15, -0.1) is 0 Å². The molecule has 0 spiro atoms. The van der Waals surface area contributed by atoms with Crippen molar-refractivity contribution in [2.24, 2.45) is 0 Å². The molecule has 2 aliphatic rings. The van der Waals surface area contributed by atoms with Gasteiger partial charge in [0.25, 0.3) is 5.91 Å². The Morgan fingerprint density at radius 2 is 2.07 bits per heavy atom. The molecule has 2 heterocycles. The molecule has 8 nitrogen and oxygen atoms in total. The van der Waals surface area contributed by atoms with Crippen molar-refractivity contribution in [3.63, 3.8) is 0 Å². The molecule has 2 aliphatic heterocycles. The van der Waals surface area contributed by atoms with Gasteiger partial charge in [0.1, 0.15) is 23.7 Å². The molecule has 0 radical (unpaired) electrons. The predicted molar refractivity (Wildman–Crippen MR) is 89.2 cm³/mol. The van der Waals surface area contributed by atoms with E-state index in [1.807, 2.05) is 0 Å². The van der Waals surface area contributed by atoms with Gasteiger partial charge in [0, 0.05) is 11.6 Å². The molecule has 0 unspecified atom stereocenters. The van der Waals surface area contributed by atoms with Crippen molar-refractivity contribution < 1.29 is 31.6 Å². The maximum Gasteiger partial charge on any atom is 0.325 e. The normalized spacial score (nSPS) is 26.9. The van der Waals surface area contributed by atoms with Crippen LogP contribution in [0.25, 0.3) is 0 Å². The molecule has 2 fully saturated rings. The monoisotopic (exact) mass is 401 g/mol. The summed E-state index contributed by atoms with van der Waals surface area (Å²) in [4.78, 5) is 37.5. The first-order valence-electron chi connectivity index (χ1n) is 8.11. The molecule has 1 aromatic rings. The lowest BCUT2D eigenvalue weighted by Crippen LogP contribution is -2.46. The highest BCUT2D eigenvalue weighted by molar-refractivity contribution is 7.91. The number of carbonyl (C=O) groups excluding carboxylic acids is 3. The Morgan fingerprint density at radius 3 is 2.70 bits per heavy atom. The first-order valence-corrected chi connectivity index (χ1v) is 9.93. The molecule has 1 aromatic carbocycles. The fraction of sp³-hybridized carbons (Fsp3) is 0.438. The lowest BCUT2D eigenvalue weighted by Gasteiger charge is -2.23. The van der Waals surface area contributed by atoms with Crippen LogP contribution in [0.15, 0.2) is 18.2 Å². The summed E-state index contributed by atoms with van der Waals surface area (Å²) >= 11 is 0. The third-order valence-electron chi connectivity index (χ3n) is 4.64. The van der Waals surface area contributed by atoms with Gasteiger partial charge in [-0.3, -0.25) is 14.5 Å². The van der Waals surface area contributed by atoms with E-state index in [1.165, 1.54) is 6.92 Å². The number of sulfone groups is 1. The third kappa shape index (κ3) is 3.64. The van der Waals surface area contributed by atoms with Gasteiger partial charge in [-0.2, -0.15) is 0 Å². The topological polar surface area (TPSA) is 113 Å². The SMILES string of the molecule is C[C@@]1(c2cc(F)ccc2F)NC(=O)N(CC(=O)N[C@H]2CCS(=O)(=O)C2)C1=O. The lowest BCUT2D eigenvalue weighted by atomic mass is 9.91. The predicted octanol–water partition coefficient (Wildman–Crippen LogP) is 0.0351. The van der Waals surface area contributed by atoms with Crippen molar-refractivity contribution >= 4 is 27.7 Å². The minimum Gasteiger partial charge on any atom is -0.351 e. The van der Waals surface area contributed by atoms with E-state index >= 15 is 0 Å². The van der Waals surface area contributed by atoms with Crippen molar-refractivity contribution in [1.29, 1.82) is 0 Å². The zero-order valence-corrected chi connectivity index (χ0v) is 15.1. The van der Waals surface area contributed by atoms with E-state index in [9.17, 15) is 31.6 Å². The van der Waals surface area contributed by atoms with Crippen molar-refractivity contribution in [3.05, 3.63) is 35.4 Å². The van der Waals surface area contributed by atoms with Crippen molar-refractivity contribution in [2.45, 2.75) is 24.9 Å². The Morgan fingerprint density at radius 1 is 1.37 bits per heavy atom. The molecule has 11 heteroatoms. The van der Waals surface area contributed by atoms with Gasteiger partial charge in [-0.05, 0) is 31.5 Å². The summed E-state index contributed by atoms with van der Waals surface area (Å²) in [5.41, 5.74) is -2.22. The number of amides is 4. The molecule has 0 bridgehead atoms. The summed E-state index contributed by atoms with van der Waals surface area (Å²) < 4.78 is 50.4. The first-order chi connectivity index (χ1) is 12.5. The summed E-state index contributed by atoms with van der Waals surface area (Å²) in [5, 5.41) is 4.75. The molecule has 2 atom stereocenters. The zero-order valence-electron chi connectivity index (χ0n) is 14.3. The highest BCUT2D eigenvalue weighted by atomic mass is 32.2. The van der Waals surface area contributed by atoms with Crippen LogP contribution in [0.1, 0.15) is 18.9 Å². The molecule has 0 aromatic heterocycles. The van der Waals surface area contributed by atoms with Crippen LogP contribution in [0.3, 0.4) is 0 Å². The standard InChI is InChI=1S/C16H17F2N3O5S/c1-16(11-6-9(17)2-3-12(11)18)14(23)21(15(24)20-16)7-13(22)19-10-4-5-27(25,26)8-10/h2-3,6,10H,4-5,7-8H2,1H3,(H,19,22)(H,20,24)/t10-,16-/m0/s1. The van der Waals surface area contributed by atoms with Crippen LogP contribution in [-0.4, -0.2) is 55.3 Å². The van der Waals surface area contributed by atoms with Gasteiger partial charge < -0.3 is 10.6 Å². The van der Waals surface area contributed by atoms with E-state index in [2.05, 4.69) is 10.6 Å². The second kappa shape index (κ2) is 6.55. The number of rotatable bonds is 4. The summed E-state index contributed by atoms with van der Waals surface area (Å²) in [6, 6.07) is 1.01. The third-order valence-corrected chi connectivity index (χ3v) is 6.41. The molecule has 4 amide bonds. The molecule has 0 saturated carbocycles. The van der Waals surface area contributed by atoms with Gasteiger partial charge in [0.05, 0.1) is 11.5 Å². The summed E-state index contributed by atoms with van der Waals surface area (Å²) in [5.74, 6) is -3.54. The molecule has 0 aliphatic carbocycles. The van der Waals surface area contributed by atoms with E-state index < -0.39 is 57.4 Å². The fourth-order valence-electron chi connectivity index (χ4n) is 3.23. The van der Waals surface area contributed by atoms with Gasteiger partial charge in [0.2, 0.25) is 5.91 Å². The second-order valence-corrected chi connectivity index (χ2v) is 8.97. The number of halogens is 2. The highest BCUT2D eigenvalue weighted by Gasteiger charge is 2.51. The maximum absolute atomic E-state index is 14.1. The number of nitrogens with one attached hydrogen (secondary N) is 2. The van der Waals surface area contributed by atoms with E-state index in [1.54, 1.807) is 0 Å². The molecule has 146 valence electrons. The van der Waals surface area contributed by atoms with Crippen molar-refractivity contribution in [1.82, 2.24) is 15.5 Å². The minimum absolute atomic E-state index is 0.0437. The van der Waals surface area contributed by atoms with E-state index in [4.69, 9.17) is 0 Å². The number of hydrogen-bond acceptors (Lipinski definition) is 5. The number of urea groups is 1. The summed E-state index contributed by atoms with van der Waals surface area (Å²) in [6.45, 7) is 0.556. The highest BCUT2D eigenvalue weighted by Crippen LogP contribution is 2.31. The Bertz CT molecular complexity index is 936. The molecular weight excluding hydrogens is 384 g/mol. The molecule has 2 N–H and O–H groups in total. The van der Waals surface area contributed by atoms with Gasteiger partial charge >= 0.3 is 6.03 Å². The number of carbonyl (C=O) groups is 3. The Balaban J connectivity index is 1.74. The molecule has 27 heavy (non-hydrogen) atoms. The van der Waals surface area contributed by atoms with Crippen LogP contribution < -0.4 is 10.6 Å². The van der Waals surface area contributed by atoms with Crippen molar-refractivity contribution in [2.75, 3.05) is 18.1 Å². The number of imide groups is 1. The number of benzene rings is 1. The van der Waals surface area contributed by atoms with Crippen LogP contribution in [0, 0.1) is 11.6 Å². The molecular formula is C16H17F2N3O5S. The van der Waals surface area contributed by atoms with Crippen LogP contribution >= 0.6 is 0 Å². The second-order valence-electron chi connectivity index (χ2n) is 6.74. The van der Waals surface area contributed by atoms with E-state index in [-0.39, 0.29) is 23.5 Å². The van der Waals surface area contributed by atoms with E-state index in [0.717, 1.165) is 18.2 Å². The summed E-state index contributed by atoms with van der Waals surface area (Å²) in [7, 11) is -3.21. The molecule has 2 saturated heterocycles. The largest absolute Gasteiger partial charge is 0.351 e. The Hall–Kier alpha value is -2.56. The van der Waals surface area contributed by atoms with Crippen LogP contribution in [0.4, 0.5) is 13.6 Å². The van der Waals surface area contributed by atoms with Crippen LogP contribution in [0.2, 0.25) is 0 Å². The Labute approximate surface area is 153 Å². The smallest absolute Gasteiger partial charge is 0.325 e. The van der Waals surface area contributed by atoms with Gasteiger partial charge in [-0.25, -0.2) is 22.0 Å². The average molecular weight is 401 g/mol. The quantitative estimate of drug-likeness (QED) is 0.692. The van der Waals surface area contributed by atoms with Crippen molar-refractivity contribution in [3.8, 4) is 0 Å². The van der Waals surface area contributed by atoms with Gasteiger partial charge in [0.15, 0.2) is 9.84 Å². The first kappa shape index (κ1) is 19.2. The van der Waals surface area contributed by atoms with Crippen LogP contribution in [0.5, 0.6) is 0 Å². The molecule has 3 rings (SSSR count). The average Bonchev–Trinajstić information content (AvgIpc) is 3.01. The minimum atomic E-state index is -3.21.